The molecule has 0 atom stereocenters. The Bertz CT molecular complexity index is 600. The third-order valence-electron chi connectivity index (χ3n) is 3.62. The maximum absolute atomic E-state index is 5.87. The van der Waals surface area contributed by atoms with Gasteiger partial charge in [-0.05, 0) is 39.7 Å². The molecule has 0 bridgehead atoms. The lowest BCUT2D eigenvalue weighted by Gasteiger charge is -2.36. The topological polar surface area (TPSA) is 32.3 Å². The van der Waals surface area contributed by atoms with Crippen molar-refractivity contribution in [2.45, 2.75) is 5.88 Å². The molecule has 0 amide bonds. The second-order valence-corrected chi connectivity index (χ2v) is 6.06. The molecule has 1 aliphatic rings. The van der Waals surface area contributed by atoms with Crippen molar-refractivity contribution in [3.63, 3.8) is 0 Å². The van der Waals surface area contributed by atoms with E-state index >= 15 is 0 Å². The number of benzene rings is 1. The summed E-state index contributed by atoms with van der Waals surface area (Å²) in [4.78, 5) is 13.2. The predicted octanol–water partition coefficient (Wildman–Crippen LogP) is 3.30. The van der Waals surface area contributed by atoms with Crippen molar-refractivity contribution in [1.82, 2.24) is 9.97 Å². The first-order valence-corrected chi connectivity index (χ1v) is 8.22. The van der Waals surface area contributed by atoms with Gasteiger partial charge in [-0.25, -0.2) is 9.97 Å². The molecule has 0 saturated carbocycles. The van der Waals surface area contributed by atoms with Crippen molar-refractivity contribution in [3.8, 4) is 0 Å². The molecule has 110 valence electrons. The van der Waals surface area contributed by atoms with E-state index in [9.17, 15) is 0 Å². The molecule has 1 aliphatic heterocycles. The Balaban J connectivity index is 1.68. The number of nitrogens with zero attached hydrogens (tertiary/aromatic N) is 4. The summed E-state index contributed by atoms with van der Waals surface area (Å²) in [7, 11) is 0. The van der Waals surface area contributed by atoms with Crippen LogP contribution in [0.4, 0.5) is 11.6 Å². The molecule has 0 radical (unpaired) electrons. The number of alkyl halides is 1. The summed E-state index contributed by atoms with van der Waals surface area (Å²) < 4.78 is 1.10. The van der Waals surface area contributed by atoms with Crippen LogP contribution < -0.4 is 9.80 Å². The second kappa shape index (κ2) is 6.62. The zero-order chi connectivity index (χ0) is 14.7. The van der Waals surface area contributed by atoms with E-state index in [1.165, 1.54) is 5.69 Å². The summed E-state index contributed by atoms with van der Waals surface area (Å²) in [6.45, 7) is 3.76. The standard InChI is InChI=1S/C15H16BrClN4/c16-13-10-12(11-17)2-3-14(13)20-6-8-21(9-7-20)15-18-4-1-5-19-15/h1-5,10H,6-9,11H2. The van der Waals surface area contributed by atoms with Crippen LogP contribution in [0, 0.1) is 0 Å². The van der Waals surface area contributed by atoms with Gasteiger partial charge in [0.05, 0.1) is 5.69 Å². The Hall–Kier alpha value is -1.33. The molecule has 1 aromatic carbocycles. The van der Waals surface area contributed by atoms with Gasteiger partial charge in [0.2, 0.25) is 5.95 Å². The Morgan fingerprint density at radius 1 is 1.05 bits per heavy atom. The van der Waals surface area contributed by atoms with Crippen LogP contribution in [0.3, 0.4) is 0 Å². The molecule has 3 rings (SSSR count). The lowest BCUT2D eigenvalue weighted by molar-refractivity contribution is 0.639. The lowest BCUT2D eigenvalue weighted by Crippen LogP contribution is -2.47. The average Bonchev–Trinajstić information content (AvgIpc) is 2.56. The van der Waals surface area contributed by atoms with Gasteiger partial charge in [-0.3, -0.25) is 0 Å². The van der Waals surface area contributed by atoms with Gasteiger partial charge in [0.15, 0.2) is 0 Å². The quantitative estimate of drug-likeness (QED) is 0.779. The van der Waals surface area contributed by atoms with E-state index in [2.05, 4.69) is 53.9 Å². The minimum atomic E-state index is 0.540. The van der Waals surface area contributed by atoms with Crippen LogP contribution in [0.25, 0.3) is 0 Å². The molecule has 1 aromatic heterocycles. The number of aromatic nitrogens is 2. The Labute approximate surface area is 137 Å². The maximum atomic E-state index is 5.87. The highest BCUT2D eigenvalue weighted by molar-refractivity contribution is 9.10. The largest absolute Gasteiger partial charge is 0.367 e. The first kappa shape index (κ1) is 14.6. The first-order valence-electron chi connectivity index (χ1n) is 6.89. The monoisotopic (exact) mass is 366 g/mol. The highest BCUT2D eigenvalue weighted by atomic mass is 79.9. The Morgan fingerprint density at radius 3 is 2.33 bits per heavy atom. The summed E-state index contributed by atoms with van der Waals surface area (Å²) in [5, 5.41) is 0. The third kappa shape index (κ3) is 3.30. The van der Waals surface area contributed by atoms with E-state index in [1.54, 1.807) is 12.4 Å². The van der Waals surface area contributed by atoms with E-state index < -0.39 is 0 Å². The molecule has 4 nitrogen and oxygen atoms in total. The minimum absolute atomic E-state index is 0.540. The molecule has 1 saturated heterocycles. The van der Waals surface area contributed by atoms with Crippen LogP contribution >= 0.6 is 27.5 Å². The zero-order valence-corrected chi connectivity index (χ0v) is 13.9. The minimum Gasteiger partial charge on any atom is -0.367 e. The molecular formula is C15H16BrClN4. The molecule has 2 aromatic rings. The first-order chi connectivity index (χ1) is 10.3. The van der Waals surface area contributed by atoms with Crippen LogP contribution in [-0.4, -0.2) is 36.1 Å². The van der Waals surface area contributed by atoms with Gasteiger partial charge in [-0.1, -0.05) is 6.07 Å². The van der Waals surface area contributed by atoms with Crippen molar-refractivity contribution in [3.05, 3.63) is 46.7 Å². The molecule has 2 heterocycles. The summed E-state index contributed by atoms with van der Waals surface area (Å²) in [5.74, 6) is 1.35. The van der Waals surface area contributed by atoms with Crippen LogP contribution in [-0.2, 0) is 5.88 Å². The molecule has 0 spiro atoms. The van der Waals surface area contributed by atoms with Crippen molar-refractivity contribution >= 4 is 39.2 Å². The summed E-state index contributed by atoms with van der Waals surface area (Å²) in [6.07, 6.45) is 3.58. The van der Waals surface area contributed by atoms with Gasteiger partial charge < -0.3 is 9.80 Å². The third-order valence-corrected chi connectivity index (χ3v) is 4.57. The molecular weight excluding hydrogens is 352 g/mol. The molecule has 0 N–H and O–H groups in total. The summed E-state index contributed by atoms with van der Waals surface area (Å²) in [5.41, 5.74) is 2.35. The second-order valence-electron chi connectivity index (χ2n) is 4.94. The summed E-state index contributed by atoms with van der Waals surface area (Å²) in [6, 6.07) is 8.15. The van der Waals surface area contributed by atoms with Crippen LogP contribution in [0.5, 0.6) is 0 Å². The number of piperazine rings is 1. The fourth-order valence-electron chi connectivity index (χ4n) is 2.49. The number of rotatable bonds is 3. The van der Waals surface area contributed by atoms with Gasteiger partial charge in [-0.2, -0.15) is 0 Å². The van der Waals surface area contributed by atoms with Crippen molar-refractivity contribution in [2.24, 2.45) is 0 Å². The van der Waals surface area contributed by atoms with E-state index in [0.29, 0.717) is 5.88 Å². The number of anilines is 2. The Kier molecular flexibility index (Phi) is 4.60. The zero-order valence-electron chi connectivity index (χ0n) is 11.5. The summed E-state index contributed by atoms with van der Waals surface area (Å²) >= 11 is 9.51. The molecule has 1 fully saturated rings. The highest BCUT2D eigenvalue weighted by Gasteiger charge is 2.20. The van der Waals surface area contributed by atoms with Gasteiger partial charge in [0, 0.05) is 48.9 Å². The Morgan fingerprint density at radius 2 is 1.71 bits per heavy atom. The number of halogens is 2. The number of hydrogen-bond acceptors (Lipinski definition) is 4. The van der Waals surface area contributed by atoms with E-state index in [0.717, 1.165) is 42.2 Å². The van der Waals surface area contributed by atoms with E-state index in [4.69, 9.17) is 11.6 Å². The van der Waals surface area contributed by atoms with Crippen molar-refractivity contribution < 1.29 is 0 Å². The number of hydrogen-bond donors (Lipinski definition) is 0. The highest BCUT2D eigenvalue weighted by Crippen LogP contribution is 2.29. The van der Waals surface area contributed by atoms with Crippen molar-refractivity contribution in [2.75, 3.05) is 36.0 Å². The van der Waals surface area contributed by atoms with Crippen LogP contribution in [0.1, 0.15) is 5.56 Å². The molecule has 0 unspecified atom stereocenters. The fourth-order valence-corrected chi connectivity index (χ4v) is 3.34. The fraction of sp³-hybridized carbons (Fsp3) is 0.333. The lowest BCUT2D eigenvalue weighted by atomic mass is 10.2. The average molecular weight is 368 g/mol. The molecule has 6 heteroatoms. The van der Waals surface area contributed by atoms with Gasteiger partial charge >= 0.3 is 0 Å². The van der Waals surface area contributed by atoms with Crippen molar-refractivity contribution in [1.29, 1.82) is 0 Å². The SMILES string of the molecule is ClCc1ccc(N2CCN(c3ncccn3)CC2)c(Br)c1. The van der Waals surface area contributed by atoms with Gasteiger partial charge in [0.1, 0.15) is 0 Å². The van der Waals surface area contributed by atoms with E-state index in [1.807, 2.05) is 6.07 Å². The molecule has 0 aliphatic carbocycles. The van der Waals surface area contributed by atoms with Gasteiger partial charge in [0.25, 0.3) is 0 Å². The smallest absolute Gasteiger partial charge is 0.225 e. The molecule has 21 heavy (non-hydrogen) atoms. The van der Waals surface area contributed by atoms with Crippen LogP contribution in [0.15, 0.2) is 41.1 Å². The van der Waals surface area contributed by atoms with Gasteiger partial charge in [-0.15, -0.1) is 11.6 Å². The normalized spacial score (nSPS) is 15.3. The van der Waals surface area contributed by atoms with E-state index in [-0.39, 0.29) is 0 Å². The maximum Gasteiger partial charge on any atom is 0.225 e. The predicted molar refractivity (Wildman–Crippen MR) is 90.2 cm³/mol. The van der Waals surface area contributed by atoms with Crippen LogP contribution in [0.2, 0.25) is 0 Å².